The molecule has 24 heavy (non-hydrogen) atoms. The van der Waals surface area contributed by atoms with Gasteiger partial charge < -0.3 is 4.90 Å². The largest absolute Gasteiger partial charge is 0.334 e. The van der Waals surface area contributed by atoms with Crippen LogP contribution in [-0.2, 0) is 14.9 Å². The Morgan fingerprint density at radius 1 is 1.21 bits per heavy atom. The quantitative estimate of drug-likeness (QED) is 0.468. The molecule has 1 N–H and O–H groups in total. The SMILES string of the molecule is CCN1/C(=C2\SC(=S)N(CCS(=O)(=O)O)C2=O)Sc2ccccc21. The van der Waals surface area contributed by atoms with Crippen molar-refractivity contribution in [3.8, 4) is 0 Å². The maximum absolute atomic E-state index is 12.7. The molecule has 0 aliphatic carbocycles. The van der Waals surface area contributed by atoms with Gasteiger partial charge in [-0.2, -0.15) is 8.42 Å². The number of anilines is 1. The van der Waals surface area contributed by atoms with E-state index in [1.165, 1.54) is 28.4 Å². The molecule has 2 heterocycles. The second-order valence-electron chi connectivity index (χ2n) is 5.06. The van der Waals surface area contributed by atoms with Gasteiger partial charge in [-0.25, -0.2) is 0 Å². The van der Waals surface area contributed by atoms with E-state index in [9.17, 15) is 13.2 Å². The van der Waals surface area contributed by atoms with Crippen molar-refractivity contribution >= 4 is 61.8 Å². The Morgan fingerprint density at radius 2 is 1.92 bits per heavy atom. The van der Waals surface area contributed by atoms with Gasteiger partial charge in [0, 0.05) is 18.0 Å². The molecule has 1 aromatic rings. The average Bonchev–Trinajstić information content (AvgIpc) is 3.02. The van der Waals surface area contributed by atoms with E-state index in [0.717, 1.165) is 15.6 Å². The average molecular weight is 403 g/mol. The van der Waals surface area contributed by atoms with Crippen LogP contribution in [0, 0.1) is 0 Å². The molecule has 0 saturated carbocycles. The molecule has 10 heteroatoms. The molecule has 0 unspecified atom stereocenters. The number of carbonyl (C=O) groups is 1. The van der Waals surface area contributed by atoms with Crippen molar-refractivity contribution in [2.24, 2.45) is 0 Å². The molecule has 1 fully saturated rings. The number of thioether (sulfide) groups is 2. The fourth-order valence-corrected chi connectivity index (χ4v) is 5.54. The predicted molar refractivity (Wildman–Crippen MR) is 101 cm³/mol. The number of benzene rings is 1. The maximum Gasteiger partial charge on any atom is 0.268 e. The van der Waals surface area contributed by atoms with Crippen LogP contribution in [0.1, 0.15) is 6.92 Å². The lowest BCUT2D eigenvalue weighted by atomic mass is 10.3. The van der Waals surface area contributed by atoms with Crippen LogP contribution in [0.25, 0.3) is 0 Å². The molecule has 0 aromatic heterocycles. The van der Waals surface area contributed by atoms with Crippen molar-refractivity contribution in [3.05, 3.63) is 34.2 Å². The van der Waals surface area contributed by atoms with Gasteiger partial charge >= 0.3 is 0 Å². The van der Waals surface area contributed by atoms with Gasteiger partial charge in [-0.15, -0.1) is 0 Å². The first kappa shape index (κ1) is 17.7. The second-order valence-corrected chi connectivity index (χ2v) is 9.31. The molecule has 2 aliphatic rings. The van der Waals surface area contributed by atoms with E-state index in [2.05, 4.69) is 4.90 Å². The first-order chi connectivity index (χ1) is 11.3. The molecule has 0 bridgehead atoms. The van der Waals surface area contributed by atoms with E-state index in [1.54, 1.807) is 0 Å². The third kappa shape index (κ3) is 3.33. The number of thiocarbonyl (C=S) groups is 1. The number of hydrogen-bond acceptors (Lipinski definition) is 7. The van der Waals surface area contributed by atoms with E-state index in [1.807, 2.05) is 31.2 Å². The zero-order valence-electron chi connectivity index (χ0n) is 12.6. The Morgan fingerprint density at radius 3 is 2.58 bits per heavy atom. The first-order valence-corrected chi connectivity index (χ1v) is 10.7. The first-order valence-electron chi connectivity index (χ1n) is 7.09. The number of carbonyl (C=O) groups excluding carboxylic acids is 1. The van der Waals surface area contributed by atoms with Gasteiger partial charge in [-0.05, 0) is 19.1 Å². The standard InChI is InChI=1S/C14H14N2O4S4/c1-2-15-9-5-3-4-6-10(9)22-13(15)11-12(17)16(14(21)23-11)7-8-24(18,19)20/h3-6H,2,7-8H2,1H3,(H,18,19,20)/b13-11+. The van der Waals surface area contributed by atoms with Crippen LogP contribution in [-0.4, -0.2) is 46.9 Å². The van der Waals surface area contributed by atoms with Gasteiger partial charge in [-0.1, -0.05) is 47.9 Å². The summed E-state index contributed by atoms with van der Waals surface area (Å²) < 4.78 is 31.0. The predicted octanol–water partition coefficient (Wildman–Crippen LogP) is 2.54. The Hall–Kier alpha value is -1.07. The minimum atomic E-state index is -4.15. The molecule has 0 radical (unpaired) electrons. The molecule has 6 nitrogen and oxygen atoms in total. The van der Waals surface area contributed by atoms with Gasteiger partial charge in [0.2, 0.25) is 0 Å². The van der Waals surface area contributed by atoms with Crippen LogP contribution in [0.4, 0.5) is 5.69 Å². The van der Waals surface area contributed by atoms with Gasteiger partial charge in [0.25, 0.3) is 16.0 Å². The Balaban J connectivity index is 1.91. The van der Waals surface area contributed by atoms with Gasteiger partial charge in [0.15, 0.2) is 0 Å². The summed E-state index contributed by atoms with van der Waals surface area (Å²) >= 11 is 7.88. The van der Waals surface area contributed by atoms with Crippen molar-refractivity contribution in [2.45, 2.75) is 11.8 Å². The topological polar surface area (TPSA) is 77.9 Å². The van der Waals surface area contributed by atoms with E-state index >= 15 is 0 Å². The zero-order valence-corrected chi connectivity index (χ0v) is 15.9. The number of rotatable bonds is 4. The highest BCUT2D eigenvalue weighted by molar-refractivity contribution is 8.27. The summed E-state index contributed by atoms with van der Waals surface area (Å²) in [4.78, 5) is 17.5. The van der Waals surface area contributed by atoms with Gasteiger partial charge in [-0.3, -0.25) is 14.2 Å². The molecule has 0 atom stereocenters. The highest BCUT2D eigenvalue weighted by atomic mass is 32.2. The Bertz CT molecular complexity index is 850. The van der Waals surface area contributed by atoms with Crippen molar-refractivity contribution in [3.63, 3.8) is 0 Å². The molecular formula is C14H14N2O4S4. The van der Waals surface area contributed by atoms with Crippen LogP contribution in [0.2, 0.25) is 0 Å². The van der Waals surface area contributed by atoms with Crippen LogP contribution in [0.15, 0.2) is 39.1 Å². The molecule has 1 amide bonds. The number of para-hydroxylation sites is 1. The normalized spacial score (nSPS) is 20.9. The fraction of sp³-hybridized carbons (Fsp3) is 0.286. The maximum atomic E-state index is 12.7. The summed E-state index contributed by atoms with van der Waals surface area (Å²) in [6, 6.07) is 7.88. The van der Waals surface area contributed by atoms with E-state index < -0.39 is 15.9 Å². The lowest BCUT2D eigenvalue weighted by Crippen LogP contribution is -2.33. The minimum Gasteiger partial charge on any atom is -0.334 e. The van der Waals surface area contributed by atoms with Crippen molar-refractivity contribution in [2.75, 3.05) is 23.7 Å². The molecule has 1 saturated heterocycles. The molecule has 3 rings (SSSR count). The van der Waals surface area contributed by atoms with Crippen LogP contribution in [0.3, 0.4) is 0 Å². The highest BCUT2D eigenvalue weighted by Crippen LogP contribution is 2.50. The minimum absolute atomic E-state index is 0.149. The van der Waals surface area contributed by atoms with Crippen LogP contribution >= 0.6 is 35.7 Å². The van der Waals surface area contributed by atoms with E-state index in [4.69, 9.17) is 16.8 Å². The number of amides is 1. The summed E-state index contributed by atoms with van der Waals surface area (Å²) in [5, 5.41) is 0.811. The molecule has 2 aliphatic heterocycles. The summed E-state index contributed by atoms with van der Waals surface area (Å²) in [7, 11) is -4.15. The fourth-order valence-electron chi connectivity index (χ4n) is 2.44. The highest BCUT2D eigenvalue weighted by Gasteiger charge is 2.38. The molecule has 1 aromatic carbocycles. The molecular weight excluding hydrogens is 388 g/mol. The van der Waals surface area contributed by atoms with Gasteiger partial charge in [0.1, 0.15) is 14.3 Å². The summed E-state index contributed by atoms with van der Waals surface area (Å²) in [6.07, 6.45) is 0. The zero-order chi connectivity index (χ0) is 17.5. The van der Waals surface area contributed by atoms with Crippen LogP contribution in [0.5, 0.6) is 0 Å². The Labute approximate surface area is 154 Å². The number of hydrogen-bond donors (Lipinski definition) is 1. The van der Waals surface area contributed by atoms with Crippen molar-refractivity contribution < 1.29 is 17.8 Å². The van der Waals surface area contributed by atoms with Crippen molar-refractivity contribution in [1.82, 2.24) is 4.90 Å². The van der Waals surface area contributed by atoms with E-state index in [-0.39, 0.29) is 12.5 Å². The number of fused-ring (bicyclic) bond motifs is 1. The molecule has 128 valence electrons. The third-order valence-electron chi connectivity index (χ3n) is 3.54. The van der Waals surface area contributed by atoms with Crippen molar-refractivity contribution in [1.29, 1.82) is 0 Å². The Kier molecular flexibility index (Phi) is 4.94. The van der Waals surface area contributed by atoms with Gasteiger partial charge in [0.05, 0.1) is 11.4 Å². The number of nitrogens with zero attached hydrogens (tertiary/aromatic N) is 2. The monoisotopic (exact) mass is 402 g/mol. The summed E-state index contributed by atoms with van der Waals surface area (Å²) in [6.45, 7) is 2.56. The lowest BCUT2D eigenvalue weighted by molar-refractivity contribution is -0.122. The third-order valence-corrected chi connectivity index (χ3v) is 6.99. The van der Waals surface area contributed by atoms with E-state index in [0.29, 0.717) is 15.8 Å². The second kappa shape index (κ2) is 6.68. The molecule has 0 spiro atoms. The smallest absolute Gasteiger partial charge is 0.268 e. The summed E-state index contributed by atoms with van der Waals surface area (Å²) in [5.41, 5.74) is 1.04. The van der Waals surface area contributed by atoms with Crippen LogP contribution < -0.4 is 4.90 Å². The summed E-state index contributed by atoms with van der Waals surface area (Å²) in [5.74, 6) is -0.852. The lowest BCUT2D eigenvalue weighted by Gasteiger charge is -2.19.